The number of hydrogen-bond donors (Lipinski definition) is 1. The first-order chi connectivity index (χ1) is 13.2. The van der Waals surface area contributed by atoms with Crippen molar-refractivity contribution in [3.63, 3.8) is 0 Å². The number of pyridine rings is 2. The van der Waals surface area contributed by atoms with E-state index in [4.69, 9.17) is 4.74 Å². The highest BCUT2D eigenvalue weighted by atomic mass is 16.5. The van der Waals surface area contributed by atoms with Crippen LogP contribution in [0, 0.1) is 0 Å². The molecule has 0 saturated carbocycles. The van der Waals surface area contributed by atoms with Crippen molar-refractivity contribution in [3.8, 4) is 17.4 Å². The van der Waals surface area contributed by atoms with Gasteiger partial charge in [0, 0.05) is 36.1 Å². The fourth-order valence-electron chi connectivity index (χ4n) is 3.07. The Kier molecular flexibility index (Phi) is 4.37. The summed E-state index contributed by atoms with van der Waals surface area (Å²) in [6, 6.07) is 8.64. The summed E-state index contributed by atoms with van der Waals surface area (Å²) in [4.78, 5) is 42.5. The lowest BCUT2D eigenvalue weighted by molar-refractivity contribution is 0.0730. The van der Waals surface area contributed by atoms with E-state index in [1.54, 1.807) is 35.4 Å². The Hall–Kier alpha value is -3.55. The maximum atomic E-state index is 12.8. The van der Waals surface area contributed by atoms with Crippen LogP contribution in [0.4, 0.5) is 0 Å². The normalized spacial score (nSPS) is 13.1. The minimum absolute atomic E-state index is 0.150. The summed E-state index contributed by atoms with van der Waals surface area (Å²) in [5.41, 5.74) is 2.10. The van der Waals surface area contributed by atoms with E-state index in [9.17, 15) is 9.59 Å². The molecule has 0 atom stereocenters. The molecular weight excluding hydrogens is 346 g/mol. The summed E-state index contributed by atoms with van der Waals surface area (Å²) in [6.07, 6.45) is 3.63. The van der Waals surface area contributed by atoms with Crippen LogP contribution in [-0.2, 0) is 13.0 Å². The monoisotopic (exact) mass is 363 g/mol. The Morgan fingerprint density at radius 1 is 1.22 bits per heavy atom. The van der Waals surface area contributed by atoms with Crippen molar-refractivity contribution in [1.82, 2.24) is 24.8 Å². The molecule has 0 saturated heterocycles. The van der Waals surface area contributed by atoms with Crippen LogP contribution in [0.25, 0.3) is 11.5 Å². The fourth-order valence-corrected chi connectivity index (χ4v) is 3.07. The second-order valence-corrected chi connectivity index (χ2v) is 6.12. The number of rotatable bonds is 3. The van der Waals surface area contributed by atoms with Gasteiger partial charge in [-0.05, 0) is 24.6 Å². The highest BCUT2D eigenvalue weighted by Gasteiger charge is 2.25. The number of H-pyrrole nitrogens is 1. The number of aromatic nitrogens is 4. The minimum Gasteiger partial charge on any atom is -0.481 e. The predicted octanol–water partition coefficient (Wildman–Crippen LogP) is 1.43. The molecule has 0 spiro atoms. The van der Waals surface area contributed by atoms with Crippen molar-refractivity contribution in [2.45, 2.75) is 13.0 Å². The molecule has 1 aliphatic heterocycles. The molecule has 0 bridgehead atoms. The van der Waals surface area contributed by atoms with Crippen LogP contribution in [0.1, 0.15) is 21.6 Å². The lowest BCUT2D eigenvalue weighted by atomic mass is 10.1. The number of ether oxygens (including phenoxy) is 1. The lowest BCUT2D eigenvalue weighted by Gasteiger charge is -2.28. The molecule has 8 heteroatoms. The molecule has 3 aromatic heterocycles. The van der Waals surface area contributed by atoms with Crippen LogP contribution in [0.15, 0.2) is 47.5 Å². The van der Waals surface area contributed by atoms with E-state index in [1.807, 2.05) is 6.07 Å². The second kappa shape index (κ2) is 6.99. The van der Waals surface area contributed by atoms with E-state index >= 15 is 0 Å². The lowest BCUT2D eigenvalue weighted by Crippen LogP contribution is -2.39. The van der Waals surface area contributed by atoms with Crippen molar-refractivity contribution in [2.24, 2.45) is 0 Å². The van der Waals surface area contributed by atoms with Crippen molar-refractivity contribution in [2.75, 3.05) is 13.7 Å². The topological polar surface area (TPSA) is 101 Å². The SMILES string of the molecule is COc1cc(C(=O)N2CCc3c(nc(-c4ccccn4)[nH]c3=O)C2)ccn1. The second-order valence-electron chi connectivity index (χ2n) is 6.12. The predicted molar refractivity (Wildman–Crippen MR) is 97.3 cm³/mol. The Morgan fingerprint density at radius 2 is 2.11 bits per heavy atom. The number of nitrogens with one attached hydrogen (secondary N) is 1. The summed E-state index contributed by atoms with van der Waals surface area (Å²) in [5, 5.41) is 0. The molecular formula is C19H17N5O3. The van der Waals surface area contributed by atoms with Crippen LogP contribution in [0.2, 0.25) is 0 Å². The molecule has 1 N–H and O–H groups in total. The molecule has 1 aliphatic rings. The van der Waals surface area contributed by atoms with Gasteiger partial charge in [-0.15, -0.1) is 0 Å². The van der Waals surface area contributed by atoms with Gasteiger partial charge in [-0.2, -0.15) is 0 Å². The van der Waals surface area contributed by atoms with E-state index in [0.717, 1.165) is 0 Å². The smallest absolute Gasteiger partial charge is 0.254 e. The Bertz CT molecular complexity index is 1050. The summed E-state index contributed by atoms with van der Waals surface area (Å²) in [5.74, 6) is 0.632. The number of fused-ring (bicyclic) bond motifs is 1. The van der Waals surface area contributed by atoms with Crippen LogP contribution in [0.5, 0.6) is 5.88 Å². The van der Waals surface area contributed by atoms with E-state index in [-0.39, 0.29) is 18.0 Å². The van der Waals surface area contributed by atoms with Crippen molar-refractivity contribution < 1.29 is 9.53 Å². The van der Waals surface area contributed by atoms with Crippen LogP contribution in [0.3, 0.4) is 0 Å². The number of nitrogens with zero attached hydrogens (tertiary/aromatic N) is 4. The molecule has 3 aromatic rings. The summed E-state index contributed by atoms with van der Waals surface area (Å²) in [6.45, 7) is 0.715. The van der Waals surface area contributed by atoms with Gasteiger partial charge >= 0.3 is 0 Å². The van der Waals surface area contributed by atoms with Crippen molar-refractivity contribution in [3.05, 3.63) is 69.9 Å². The largest absolute Gasteiger partial charge is 0.481 e. The van der Waals surface area contributed by atoms with Gasteiger partial charge in [0.25, 0.3) is 11.5 Å². The average Bonchev–Trinajstić information content (AvgIpc) is 2.73. The number of carbonyl (C=O) groups is 1. The number of aromatic amines is 1. The number of carbonyl (C=O) groups excluding carboxylic acids is 1. The standard InChI is InChI=1S/C19H17N5O3/c1-27-16-10-12(5-8-21-16)19(26)24-9-6-13-15(11-24)22-17(23-18(13)25)14-4-2-3-7-20-14/h2-5,7-8,10H,6,9,11H2,1H3,(H,22,23,25). The fraction of sp³-hybridized carbons (Fsp3) is 0.211. The molecule has 0 aliphatic carbocycles. The first-order valence-electron chi connectivity index (χ1n) is 8.48. The van der Waals surface area contributed by atoms with E-state index in [1.165, 1.54) is 13.3 Å². The zero-order valence-corrected chi connectivity index (χ0v) is 14.7. The zero-order valence-electron chi connectivity index (χ0n) is 14.7. The molecule has 136 valence electrons. The van der Waals surface area contributed by atoms with Gasteiger partial charge in [-0.25, -0.2) is 9.97 Å². The molecule has 0 fully saturated rings. The third-order valence-electron chi connectivity index (χ3n) is 4.46. The average molecular weight is 363 g/mol. The number of amides is 1. The van der Waals surface area contributed by atoms with Gasteiger partial charge in [0.1, 0.15) is 5.69 Å². The zero-order chi connectivity index (χ0) is 18.8. The van der Waals surface area contributed by atoms with Gasteiger partial charge in [-0.1, -0.05) is 6.07 Å². The van der Waals surface area contributed by atoms with Gasteiger partial charge in [0.2, 0.25) is 5.88 Å². The first kappa shape index (κ1) is 16.9. The minimum atomic E-state index is -0.182. The van der Waals surface area contributed by atoms with Crippen LogP contribution in [-0.4, -0.2) is 44.4 Å². The first-order valence-corrected chi connectivity index (χ1v) is 8.48. The van der Waals surface area contributed by atoms with Gasteiger partial charge in [0.15, 0.2) is 5.82 Å². The summed E-state index contributed by atoms with van der Waals surface area (Å²) < 4.78 is 5.08. The molecule has 27 heavy (non-hydrogen) atoms. The van der Waals surface area contributed by atoms with E-state index < -0.39 is 0 Å². The maximum absolute atomic E-state index is 12.8. The number of methoxy groups -OCH3 is 1. The van der Waals surface area contributed by atoms with Gasteiger partial charge in [0.05, 0.1) is 19.3 Å². The highest BCUT2D eigenvalue weighted by molar-refractivity contribution is 5.94. The van der Waals surface area contributed by atoms with Gasteiger partial charge < -0.3 is 14.6 Å². The molecule has 4 rings (SSSR count). The summed E-state index contributed by atoms with van der Waals surface area (Å²) >= 11 is 0. The Balaban J connectivity index is 1.65. The molecule has 0 aromatic carbocycles. The Morgan fingerprint density at radius 3 is 2.89 bits per heavy atom. The van der Waals surface area contributed by atoms with Crippen LogP contribution >= 0.6 is 0 Å². The van der Waals surface area contributed by atoms with Gasteiger partial charge in [-0.3, -0.25) is 14.6 Å². The summed E-state index contributed by atoms with van der Waals surface area (Å²) in [7, 11) is 1.50. The third-order valence-corrected chi connectivity index (χ3v) is 4.46. The van der Waals surface area contributed by atoms with Crippen molar-refractivity contribution >= 4 is 5.91 Å². The molecule has 1 amide bonds. The quantitative estimate of drug-likeness (QED) is 0.755. The highest BCUT2D eigenvalue weighted by Crippen LogP contribution is 2.20. The molecule has 4 heterocycles. The molecule has 8 nitrogen and oxygen atoms in total. The molecule has 0 radical (unpaired) electrons. The third kappa shape index (κ3) is 3.29. The van der Waals surface area contributed by atoms with E-state index in [2.05, 4.69) is 19.9 Å². The maximum Gasteiger partial charge on any atom is 0.254 e. The van der Waals surface area contributed by atoms with Crippen LogP contribution < -0.4 is 10.3 Å². The molecule has 0 unspecified atom stereocenters. The Labute approximate surface area is 154 Å². The van der Waals surface area contributed by atoms with E-state index in [0.29, 0.717) is 47.2 Å². The number of hydrogen-bond acceptors (Lipinski definition) is 6. The van der Waals surface area contributed by atoms with Crippen molar-refractivity contribution in [1.29, 1.82) is 0 Å².